The van der Waals surface area contributed by atoms with Gasteiger partial charge in [0.25, 0.3) is 5.91 Å². The highest BCUT2D eigenvalue weighted by molar-refractivity contribution is 7.92. The summed E-state index contributed by atoms with van der Waals surface area (Å²) < 4.78 is 43.2. The number of thiazole rings is 1. The molecule has 0 radical (unpaired) electrons. The van der Waals surface area contributed by atoms with Crippen LogP contribution in [0.1, 0.15) is 13.8 Å². The van der Waals surface area contributed by atoms with Crippen molar-refractivity contribution < 1.29 is 22.3 Å². The van der Waals surface area contributed by atoms with Crippen molar-refractivity contribution in [3.05, 3.63) is 59.7 Å². The number of rotatable bonds is 7. The van der Waals surface area contributed by atoms with Gasteiger partial charge in [-0.3, -0.25) is 14.4 Å². The lowest BCUT2D eigenvalue weighted by atomic mass is 10.1. The van der Waals surface area contributed by atoms with Crippen molar-refractivity contribution >= 4 is 38.1 Å². The number of hydrogen-bond donors (Lipinski definition) is 1. The Hall–Kier alpha value is -2.98. The molecule has 10 heteroatoms. The Kier molecular flexibility index (Phi) is 6.33. The average Bonchev–Trinajstić information content (AvgIpc) is 3.17. The number of aromatic nitrogens is 1. The third-order valence-electron chi connectivity index (χ3n) is 4.48. The summed E-state index contributed by atoms with van der Waals surface area (Å²) in [5.41, 5.74) is 0.756. The average molecular weight is 464 g/mol. The van der Waals surface area contributed by atoms with Crippen molar-refractivity contribution in [2.24, 2.45) is 0 Å². The SMILES string of the molecule is CN(c1ccc(-c2csc(NC(=O)C(C)(C)Oc3ccc(F)cc3)n2)cc1)S(C)(=O)=O. The molecule has 0 saturated heterocycles. The van der Waals surface area contributed by atoms with Gasteiger partial charge < -0.3 is 4.74 Å². The number of nitrogens with zero attached hydrogens (tertiary/aromatic N) is 2. The highest BCUT2D eigenvalue weighted by Crippen LogP contribution is 2.28. The minimum Gasteiger partial charge on any atom is -0.478 e. The van der Waals surface area contributed by atoms with E-state index in [0.29, 0.717) is 22.3 Å². The molecule has 0 aliphatic rings. The van der Waals surface area contributed by atoms with Crippen LogP contribution in [0.3, 0.4) is 0 Å². The molecule has 164 valence electrons. The van der Waals surface area contributed by atoms with Crippen LogP contribution >= 0.6 is 11.3 Å². The monoisotopic (exact) mass is 463 g/mol. The molecule has 0 aliphatic heterocycles. The first kappa shape index (κ1) is 22.7. The molecule has 1 aromatic heterocycles. The minimum absolute atomic E-state index is 0.375. The molecule has 0 bridgehead atoms. The van der Waals surface area contributed by atoms with E-state index in [1.54, 1.807) is 43.5 Å². The van der Waals surface area contributed by atoms with Crippen molar-refractivity contribution in [3.8, 4) is 17.0 Å². The Morgan fingerprint density at radius 2 is 1.74 bits per heavy atom. The lowest BCUT2D eigenvalue weighted by Gasteiger charge is -2.24. The molecule has 3 aromatic rings. The van der Waals surface area contributed by atoms with Crippen LogP contribution in [-0.2, 0) is 14.8 Å². The van der Waals surface area contributed by atoms with Gasteiger partial charge in [0.05, 0.1) is 17.6 Å². The number of anilines is 2. The summed E-state index contributed by atoms with van der Waals surface area (Å²) in [5.74, 6) is -0.413. The van der Waals surface area contributed by atoms with Gasteiger partial charge in [-0.1, -0.05) is 12.1 Å². The fourth-order valence-corrected chi connectivity index (χ4v) is 3.81. The van der Waals surface area contributed by atoms with Gasteiger partial charge in [0, 0.05) is 18.0 Å². The van der Waals surface area contributed by atoms with Crippen LogP contribution in [0.15, 0.2) is 53.9 Å². The van der Waals surface area contributed by atoms with E-state index >= 15 is 0 Å². The predicted octanol–water partition coefficient (Wildman–Crippen LogP) is 4.14. The summed E-state index contributed by atoms with van der Waals surface area (Å²) in [4.78, 5) is 17.1. The number of halogens is 1. The van der Waals surface area contributed by atoms with Gasteiger partial charge in [-0.25, -0.2) is 17.8 Å². The first-order valence-electron chi connectivity index (χ1n) is 9.21. The molecule has 7 nitrogen and oxygen atoms in total. The minimum atomic E-state index is -3.34. The fraction of sp³-hybridized carbons (Fsp3) is 0.238. The molecule has 0 aliphatic carbocycles. The van der Waals surface area contributed by atoms with Crippen molar-refractivity contribution in [2.75, 3.05) is 22.9 Å². The van der Waals surface area contributed by atoms with E-state index in [4.69, 9.17) is 4.74 Å². The molecule has 0 unspecified atom stereocenters. The molecule has 1 amide bonds. The van der Waals surface area contributed by atoms with E-state index < -0.39 is 21.5 Å². The van der Waals surface area contributed by atoms with E-state index in [9.17, 15) is 17.6 Å². The van der Waals surface area contributed by atoms with Crippen LogP contribution in [-0.4, -0.2) is 38.2 Å². The third kappa shape index (κ3) is 5.59. The first-order valence-corrected chi connectivity index (χ1v) is 11.9. The summed E-state index contributed by atoms with van der Waals surface area (Å²) in [6, 6.07) is 12.3. The number of amides is 1. The van der Waals surface area contributed by atoms with Gasteiger partial charge >= 0.3 is 0 Å². The molecule has 1 N–H and O–H groups in total. The second kappa shape index (κ2) is 8.64. The van der Waals surface area contributed by atoms with E-state index in [1.807, 2.05) is 0 Å². The molecular weight excluding hydrogens is 441 g/mol. The molecule has 0 saturated carbocycles. The third-order valence-corrected chi connectivity index (χ3v) is 6.45. The quantitative estimate of drug-likeness (QED) is 0.569. The topological polar surface area (TPSA) is 88.6 Å². The van der Waals surface area contributed by atoms with Gasteiger partial charge in [0.15, 0.2) is 10.7 Å². The second-order valence-electron chi connectivity index (χ2n) is 7.34. The smallest absolute Gasteiger partial charge is 0.269 e. The van der Waals surface area contributed by atoms with E-state index in [2.05, 4.69) is 10.3 Å². The Morgan fingerprint density at radius 1 is 1.13 bits per heavy atom. The maximum absolute atomic E-state index is 13.1. The molecule has 3 rings (SSSR count). The van der Waals surface area contributed by atoms with E-state index in [1.165, 1.54) is 47.0 Å². The number of ether oxygens (including phenoxy) is 1. The van der Waals surface area contributed by atoms with E-state index in [-0.39, 0.29) is 5.82 Å². The van der Waals surface area contributed by atoms with Gasteiger partial charge in [-0.15, -0.1) is 11.3 Å². The molecule has 2 aromatic carbocycles. The normalized spacial score (nSPS) is 11.8. The van der Waals surface area contributed by atoms with Gasteiger partial charge in [-0.05, 0) is 50.2 Å². The van der Waals surface area contributed by atoms with Crippen molar-refractivity contribution in [2.45, 2.75) is 19.4 Å². The van der Waals surface area contributed by atoms with Crippen molar-refractivity contribution in [1.82, 2.24) is 4.98 Å². The number of carbonyl (C=O) groups is 1. The Labute approximate surface area is 184 Å². The Bertz CT molecular complexity index is 1170. The highest BCUT2D eigenvalue weighted by atomic mass is 32.2. The van der Waals surface area contributed by atoms with Gasteiger partial charge in [0.2, 0.25) is 10.0 Å². The fourth-order valence-electron chi connectivity index (χ4n) is 2.59. The van der Waals surface area contributed by atoms with Gasteiger partial charge in [0.1, 0.15) is 11.6 Å². The maximum Gasteiger partial charge on any atom is 0.269 e. The first-order chi connectivity index (χ1) is 14.5. The Balaban J connectivity index is 1.69. The van der Waals surface area contributed by atoms with Crippen LogP contribution in [0.25, 0.3) is 11.3 Å². The highest BCUT2D eigenvalue weighted by Gasteiger charge is 2.30. The Morgan fingerprint density at radius 3 is 2.32 bits per heavy atom. The summed E-state index contributed by atoms with van der Waals surface area (Å²) >= 11 is 1.26. The lowest BCUT2D eigenvalue weighted by molar-refractivity contribution is -0.128. The second-order valence-corrected chi connectivity index (χ2v) is 10.2. The zero-order valence-corrected chi connectivity index (χ0v) is 19.1. The van der Waals surface area contributed by atoms with Crippen LogP contribution in [0.5, 0.6) is 5.75 Å². The molecule has 0 atom stereocenters. The summed E-state index contributed by atoms with van der Waals surface area (Å²) in [6.45, 7) is 3.22. The van der Waals surface area contributed by atoms with Crippen molar-refractivity contribution in [1.29, 1.82) is 0 Å². The predicted molar refractivity (Wildman–Crippen MR) is 121 cm³/mol. The zero-order chi connectivity index (χ0) is 22.8. The van der Waals surface area contributed by atoms with Crippen LogP contribution < -0.4 is 14.4 Å². The maximum atomic E-state index is 13.1. The number of hydrogen-bond acceptors (Lipinski definition) is 6. The number of carbonyl (C=O) groups excluding carboxylic acids is 1. The largest absolute Gasteiger partial charge is 0.478 e. The van der Waals surface area contributed by atoms with Crippen LogP contribution in [0.4, 0.5) is 15.2 Å². The molecular formula is C21H22FN3O4S2. The number of benzene rings is 2. The van der Waals surface area contributed by atoms with Crippen molar-refractivity contribution in [3.63, 3.8) is 0 Å². The standard InChI is InChI=1S/C21H22FN3O4S2/c1-21(2,29-17-11-7-15(22)8-12-17)19(26)24-20-23-18(13-30-20)14-5-9-16(10-6-14)25(3)31(4,27)28/h5-13H,1-4H3,(H,23,24,26). The summed E-state index contributed by atoms with van der Waals surface area (Å²) in [6.07, 6.45) is 1.14. The molecule has 0 fully saturated rings. The van der Waals surface area contributed by atoms with Gasteiger partial charge in [-0.2, -0.15) is 0 Å². The number of sulfonamides is 1. The zero-order valence-electron chi connectivity index (χ0n) is 17.4. The summed E-state index contributed by atoms with van der Waals surface area (Å²) in [7, 11) is -1.86. The van der Waals surface area contributed by atoms with E-state index in [0.717, 1.165) is 11.8 Å². The molecule has 31 heavy (non-hydrogen) atoms. The number of nitrogens with one attached hydrogen (secondary N) is 1. The van der Waals surface area contributed by atoms with Crippen LogP contribution in [0, 0.1) is 5.82 Å². The van der Waals surface area contributed by atoms with Crippen LogP contribution in [0.2, 0.25) is 0 Å². The molecule has 0 spiro atoms. The molecule has 1 heterocycles. The summed E-state index contributed by atoms with van der Waals surface area (Å²) in [5, 5.41) is 4.92. The lowest BCUT2D eigenvalue weighted by Crippen LogP contribution is -2.42.